The quantitative estimate of drug-likeness (QED) is 0.790. The van der Waals surface area contributed by atoms with Crippen molar-refractivity contribution >= 4 is 5.97 Å². The van der Waals surface area contributed by atoms with Crippen LogP contribution in [0.1, 0.15) is 42.9 Å². The van der Waals surface area contributed by atoms with Crippen molar-refractivity contribution in [3.63, 3.8) is 0 Å². The van der Waals surface area contributed by atoms with E-state index in [2.05, 4.69) is 24.0 Å². The van der Waals surface area contributed by atoms with Crippen LogP contribution >= 0.6 is 0 Å². The van der Waals surface area contributed by atoms with Gasteiger partial charge < -0.3 is 9.26 Å². The molecule has 100 valence electrons. The molecule has 0 aliphatic carbocycles. The maximum atomic E-state index is 11.4. The van der Waals surface area contributed by atoms with Gasteiger partial charge in [-0.1, -0.05) is 26.0 Å². The maximum absolute atomic E-state index is 11.4. The molecule has 0 bridgehead atoms. The van der Waals surface area contributed by atoms with Gasteiger partial charge in [-0.25, -0.2) is 4.79 Å². The number of nitrogens with zero attached hydrogens (tertiary/aromatic N) is 2. The average Bonchev–Trinajstić information content (AvgIpc) is 2.89. The van der Waals surface area contributed by atoms with Crippen LogP contribution in [0.15, 0.2) is 28.8 Å². The van der Waals surface area contributed by atoms with Crippen molar-refractivity contribution in [2.75, 3.05) is 6.61 Å². The van der Waals surface area contributed by atoms with Gasteiger partial charge in [-0.3, -0.25) is 0 Å². The van der Waals surface area contributed by atoms with Gasteiger partial charge in [-0.05, 0) is 35.7 Å². The highest BCUT2D eigenvalue weighted by Crippen LogP contribution is 2.21. The molecule has 0 saturated heterocycles. The SMILES string of the molecule is CCOC(=O)c1noc(-c2ccc(C(C)C)cc2)n1. The summed E-state index contributed by atoms with van der Waals surface area (Å²) in [7, 11) is 0. The molecule has 5 nitrogen and oxygen atoms in total. The molecule has 19 heavy (non-hydrogen) atoms. The van der Waals surface area contributed by atoms with Gasteiger partial charge in [-0.2, -0.15) is 4.98 Å². The smallest absolute Gasteiger partial charge is 0.379 e. The van der Waals surface area contributed by atoms with Crippen molar-refractivity contribution in [1.82, 2.24) is 10.1 Å². The molecule has 2 rings (SSSR count). The van der Waals surface area contributed by atoms with Crippen molar-refractivity contribution in [3.05, 3.63) is 35.7 Å². The minimum absolute atomic E-state index is 0.0511. The Kier molecular flexibility index (Phi) is 3.94. The zero-order valence-electron chi connectivity index (χ0n) is 11.2. The predicted octanol–water partition coefficient (Wildman–Crippen LogP) is 3.04. The van der Waals surface area contributed by atoms with Gasteiger partial charge in [0.05, 0.1) is 6.61 Å². The van der Waals surface area contributed by atoms with Crippen LogP contribution in [-0.4, -0.2) is 22.7 Å². The van der Waals surface area contributed by atoms with Crippen molar-refractivity contribution in [3.8, 4) is 11.5 Å². The number of rotatable bonds is 4. The number of ether oxygens (including phenoxy) is 1. The first kappa shape index (κ1) is 13.3. The molecule has 1 aromatic heterocycles. The molecule has 0 spiro atoms. The third-order valence-electron chi connectivity index (χ3n) is 2.71. The normalized spacial score (nSPS) is 10.7. The van der Waals surface area contributed by atoms with Crippen LogP contribution in [0, 0.1) is 0 Å². The lowest BCUT2D eigenvalue weighted by Crippen LogP contribution is -2.06. The first-order valence-electron chi connectivity index (χ1n) is 6.23. The number of hydrogen-bond donors (Lipinski definition) is 0. The van der Waals surface area contributed by atoms with E-state index in [1.165, 1.54) is 5.56 Å². The van der Waals surface area contributed by atoms with E-state index in [4.69, 9.17) is 9.26 Å². The molecule has 0 radical (unpaired) electrons. The fraction of sp³-hybridized carbons (Fsp3) is 0.357. The molecule has 0 aliphatic heterocycles. The molecule has 0 saturated carbocycles. The van der Waals surface area contributed by atoms with Gasteiger partial charge in [0.2, 0.25) is 0 Å². The first-order chi connectivity index (χ1) is 9.11. The molecular formula is C14H16N2O3. The fourth-order valence-electron chi connectivity index (χ4n) is 1.63. The van der Waals surface area contributed by atoms with Gasteiger partial charge >= 0.3 is 5.97 Å². The third kappa shape index (κ3) is 2.99. The molecule has 1 heterocycles. The Morgan fingerprint density at radius 2 is 2.00 bits per heavy atom. The highest BCUT2D eigenvalue weighted by atomic mass is 16.5. The van der Waals surface area contributed by atoms with Crippen LogP contribution < -0.4 is 0 Å². The molecule has 0 N–H and O–H groups in total. The Morgan fingerprint density at radius 3 is 2.58 bits per heavy atom. The van der Waals surface area contributed by atoms with E-state index in [1.54, 1.807) is 6.92 Å². The Balaban J connectivity index is 2.20. The predicted molar refractivity (Wildman–Crippen MR) is 69.8 cm³/mol. The van der Waals surface area contributed by atoms with Crippen LogP contribution in [0.4, 0.5) is 0 Å². The Hall–Kier alpha value is -2.17. The largest absolute Gasteiger partial charge is 0.460 e. The molecule has 2 aromatic rings. The summed E-state index contributed by atoms with van der Waals surface area (Å²) in [5.41, 5.74) is 2.02. The van der Waals surface area contributed by atoms with E-state index < -0.39 is 5.97 Å². The minimum atomic E-state index is -0.573. The summed E-state index contributed by atoms with van der Waals surface area (Å²) in [5.74, 6) is 0.159. The van der Waals surface area contributed by atoms with Crippen LogP contribution in [0.2, 0.25) is 0 Å². The van der Waals surface area contributed by atoms with Gasteiger partial charge in [-0.15, -0.1) is 0 Å². The zero-order chi connectivity index (χ0) is 13.8. The molecule has 0 unspecified atom stereocenters. The maximum Gasteiger partial charge on any atom is 0.379 e. The number of hydrogen-bond acceptors (Lipinski definition) is 5. The van der Waals surface area contributed by atoms with Crippen LogP contribution in [0.5, 0.6) is 0 Å². The lowest BCUT2D eigenvalue weighted by atomic mass is 10.0. The standard InChI is InChI=1S/C14H16N2O3/c1-4-18-14(17)12-15-13(19-16-12)11-7-5-10(6-8-11)9(2)3/h5-9H,4H2,1-3H3. The fourth-order valence-corrected chi connectivity index (χ4v) is 1.63. The van der Waals surface area contributed by atoms with E-state index in [0.29, 0.717) is 11.8 Å². The van der Waals surface area contributed by atoms with E-state index in [1.807, 2.05) is 24.3 Å². The van der Waals surface area contributed by atoms with E-state index in [9.17, 15) is 4.79 Å². The number of carbonyl (C=O) groups is 1. The molecule has 5 heteroatoms. The van der Waals surface area contributed by atoms with Crippen molar-refractivity contribution in [1.29, 1.82) is 0 Å². The monoisotopic (exact) mass is 260 g/mol. The van der Waals surface area contributed by atoms with E-state index in [-0.39, 0.29) is 12.4 Å². The summed E-state index contributed by atoms with van der Waals surface area (Å²) in [6.07, 6.45) is 0. The number of aromatic nitrogens is 2. The number of carbonyl (C=O) groups excluding carboxylic acids is 1. The van der Waals surface area contributed by atoms with Crippen molar-refractivity contribution in [2.45, 2.75) is 26.7 Å². The van der Waals surface area contributed by atoms with Gasteiger partial charge in [0.25, 0.3) is 11.7 Å². The number of benzene rings is 1. The molecule has 0 atom stereocenters. The lowest BCUT2D eigenvalue weighted by Gasteiger charge is -2.04. The highest BCUT2D eigenvalue weighted by Gasteiger charge is 2.16. The van der Waals surface area contributed by atoms with Gasteiger partial charge in [0.1, 0.15) is 0 Å². The lowest BCUT2D eigenvalue weighted by molar-refractivity contribution is 0.0508. The minimum Gasteiger partial charge on any atom is -0.460 e. The van der Waals surface area contributed by atoms with Gasteiger partial charge in [0, 0.05) is 5.56 Å². The molecule has 0 aliphatic rings. The Labute approximate surface area is 111 Å². The molecule has 1 aromatic carbocycles. The van der Waals surface area contributed by atoms with Crippen LogP contribution in [0.3, 0.4) is 0 Å². The summed E-state index contributed by atoms with van der Waals surface area (Å²) in [6.45, 7) is 6.26. The summed E-state index contributed by atoms with van der Waals surface area (Å²) in [5, 5.41) is 3.61. The second kappa shape index (κ2) is 5.65. The molecule has 0 fully saturated rings. The summed E-state index contributed by atoms with van der Waals surface area (Å²) in [4.78, 5) is 15.4. The first-order valence-corrected chi connectivity index (χ1v) is 6.23. The highest BCUT2D eigenvalue weighted by molar-refractivity contribution is 5.85. The molecular weight excluding hydrogens is 244 g/mol. The average molecular weight is 260 g/mol. The van der Waals surface area contributed by atoms with E-state index in [0.717, 1.165) is 5.56 Å². The Morgan fingerprint density at radius 1 is 1.32 bits per heavy atom. The van der Waals surface area contributed by atoms with E-state index >= 15 is 0 Å². The second-order valence-corrected chi connectivity index (χ2v) is 4.42. The van der Waals surface area contributed by atoms with Crippen molar-refractivity contribution in [2.24, 2.45) is 0 Å². The Bertz CT molecular complexity index is 558. The summed E-state index contributed by atoms with van der Waals surface area (Å²) < 4.78 is 9.86. The van der Waals surface area contributed by atoms with Gasteiger partial charge in [0.15, 0.2) is 0 Å². The summed E-state index contributed by atoms with van der Waals surface area (Å²) in [6, 6.07) is 7.82. The third-order valence-corrected chi connectivity index (χ3v) is 2.71. The second-order valence-electron chi connectivity index (χ2n) is 4.42. The molecule has 0 amide bonds. The van der Waals surface area contributed by atoms with Crippen molar-refractivity contribution < 1.29 is 14.1 Å². The topological polar surface area (TPSA) is 65.2 Å². The number of esters is 1. The van der Waals surface area contributed by atoms with Crippen LogP contribution in [0.25, 0.3) is 11.5 Å². The van der Waals surface area contributed by atoms with Crippen LogP contribution in [-0.2, 0) is 4.74 Å². The summed E-state index contributed by atoms with van der Waals surface area (Å²) >= 11 is 0. The zero-order valence-corrected chi connectivity index (χ0v) is 11.2.